The Morgan fingerprint density at radius 1 is 1.27 bits per heavy atom. The first-order valence-corrected chi connectivity index (χ1v) is 12.4. The number of hydrogen-bond donors (Lipinski definition) is 0. The lowest BCUT2D eigenvalue weighted by atomic mass is 10.1. The minimum atomic E-state index is -4.70. The topological polar surface area (TPSA) is 62.7 Å². The number of hydrogen-bond acceptors (Lipinski definition) is 5. The van der Waals surface area contributed by atoms with Gasteiger partial charge in [0.25, 0.3) is 5.91 Å². The molecule has 0 spiro atoms. The summed E-state index contributed by atoms with van der Waals surface area (Å²) in [5.41, 5.74) is -0.242. The van der Waals surface area contributed by atoms with Gasteiger partial charge in [0.05, 0.1) is 11.7 Å². The van der Waals surface area contributed by atoms with Crippen LogP contribution in [0.1, 0.15) is 46.9 Å². The Morgan fingerprint density at radius 3 is 2.62 bits per heavy atom. The van der Waals surface area contributed by atoms with E-state index in [1.54, 1.807) is 18.7 Å². The van der Waals surface area contributed by atoms with Crippen LogP contribution in [0.25, 0.3) is 0 Å². The predicted octanol–water partition coefficient (Wildman–Crippen LogP) is 5.38. The number of rotatable bonds is 7. The van der Waals surface area contributed by atoms with Crippen molar-refractivity contribution in [1.29, 1.82) is 0 Å². The predicted molar refractivity (Wildman–Crippen MR) is 134 cm³/mol. The number of aromatic nitrogens is 1. The first-order valence-electron chi connectivity index (χ1n) is 11.5. The summed E-state index contributed by atoms with van der Waals surface area (Å²) >= 11 is 1.06. The van der Waals surface area contributed by atoms with E-state index in [4.69, 9.17) is 11.2 Å². The quantitative estimate of drug-likeness (QED) is 0.387. The molecule has 1 saturated heterocycles. The van der Waals surface area contributed by atoms with Crippen LogP contribution in [0, 0.1) is 12.3 Å². The molecular weight excluding hydrogens is 503 g/mol. The Hall–Kier alpha value is -3.84. The smallest absolute Gasteiger partial charge is 0.416 e. The Morgan fingerprint density at radius 2 is 2.00 bits per heavy atom. The molecule has 1 unspecified atom stereocenters. The average molecular weight is 528 g/mol. The second kappa shape index (κ2) is 10.6. The number of halogens is 3. The number of likely N-dealkylation sites (tertiary alicyclic amines) is 1. The fourth-order valence-corrected chi connectivity index (χ4v) is 4.75. The zero-order chi connectivity index (χ0) is 26.7. The van der Waals surface area contributed by atoms with E-state index in [-0.39, 0.29) is 34.5 Å². The Kier molecular flexibility index (Phi) is 7.55. The fourth-order valence-electron chi connectivity index (χ4n) is 4.15. The van der Waals surface area contributed by atoms with Crippen molar-refractivity contribution < 1.29 is 27.5 Å². The summed E-state index contributed by atoms with van der Waals surface area (Å²) in [4.78, 5) is 34.0. The summed E-state index contributed by atoms with van der Waals surface area (Å²) < 4.78 is 47.0. The lowest BCUT2D eigenvalue weighted by molar-refractivity contribution is -0.137. The largest absolute Gasteiger partial charge is 0.491 e. The minimum Gasteiger partial charge on any atom is -0.491 e. The molecule has 2 amide bonds. The van der Waals surface area contributed by atoms with Crippen LogP contribution in [0.4, 0.5) is 18.9 Å². The first-order chi connectivity index (χ1) is 17.6. The van der Waals surface area contributed by atoms with E-state index < -0.39 is 29.8 Å². The maximum absolute atomic E-state index is 13.8. The van der Waals surface area contributed by atoms with Gasteiger partial charge in [-0.05, 0) is 43.9 Å². The Bertz CT molecular complexity index is 1330. The zero-order valence-electron chi connectivity index (χ0n) is 20.2. The van der Waals surface area contributed by atoms with Gasteiger partial charge in [0.1, 0.15) is 17.5 Å². The summed E-state index contributed by atoms with van der Waals surface area (Å²) in [5.74, 6) is 1.20. The number of carbonyl (C=O) groups is 2. The van der Waals surface area contributed by atoms with Crippen molar-refractivity contribution in [2.45, 2.75) is 45.1 Å². The van der Waals surface area contributed by atoms with Crippen LogP contribution in [-0.4, -0.2) is 40.4 Å². The van der Waals surface area contributed by atoms with Crippen LogP contribution in [0.2, 0.25) is 0 Å². The van der Waals surface area contributed by atoms with Gasteiger partial charge in [-0.2, -0.15) is 13.2 Å². The van der Waals surface area contributed by atoms with E-state index in [1.807, 2.05) is 30.3 Å². The molecule has 0 radical (unpaired) electrons. The molecule has 10 heteroatoms. The monoisotopic (exact) mass is 527 g/mol. The Balaban J connectivity index is 1.77. The molecule has 6 nitrogen and oxygen atoms in total. The number of thiazole rings is 1. The number of terminal acetylenes is 1. The summed E-state index contributed by atoms with van der Waals surface area (Å²) in [7, 11) is 0. The van der Waals surface area contributed by atoms with Crippen LogP contribution < -0.4 is 9.64 Å². The number of carbonyl (C=O) groups excluding carboxylic acids is 2. The SMILES string of the molecule is C#Cc1nc(C(=O)N(c2cc(OC(C)C)cc(C(F)(F)F)c2)C2CCN(Cc3ccccc3)C2=O)cs1. The first kappa shape index (κ1) is 26.2. The van der Waals surface area contributed by atoms with Gasteiger partial charge in [0.15, 0.2) is 5.01 Å². The van der Waals surface area contributed by atoms with Crippen molar-refractivity contribution in [3.05, 3.63) is 75.7 Å². The maximum atomic E-state index is 13.8. The van der Waals surface area contributed by atoms with Gasteiger partial charge in [-0.25, -0.2) is 4.98 Å². The van der Waals surface area contributed by atoms with E-state index in [0.29, 0.717) is 13.1 Å². The second-order valence-electron chi connectivity index (χ2n) is 8.79. The number of nitrogens with zero attached hydrogens (tertiary/aromatic N) is 3. The third-order valence-electron chi connectivity index (χ3n) is 5.73. The van der Waals surface area contributed by atoms with E-state index >= 15 is 0 Å². The van der Waals surface area contributed by atoms with Gasteiger partial charge in [-0.3, -0.25) is 14.5 Å². The van der Waals surface area contributed by atoms with Crippen LogP contribution in [0.15, 0.2) is 53.9 Å². The highest BCUT2D eigenvalue weighted by molar-refractivity contribution is 7.10. The van der Waals surface area contributed by atoms with Gasteiger partial charge in [-0.1, -0.05) is 30.3 Å². The minimum absolute atomic E-state index is 0.0454. The molecular formula is C27H24F3N3O3S. The number of alkyl halides is 3. The number of amides is 2. The van der Waals surface area contributed by atoms with E-state index in [1.165, 1.54) is 11.4 Å². The number of anilines is 1. The van der Waals surface area contributed by atoms with Crippen molar-refractivity contribution in [3.63, 3.8) is 0 Å². The molecule has 192 valence electrons. The normalized spacial score (nSPS) is 15.6. The summed E-state index contributed by atoms with van der Waals surface area (Å²) in [5, 5.41) is 1.68. The van der Waals surface area contributed by atoms with Crippen LogP contribution in [0.5, 0.6) is 5.75 Å². The molecule has 2 heterocycles. The van der Waals surface area contributed by atoms with Gasteiger partial charge in [0, 0.05) is 30.2 Å². The molecule has 0 aliphatic carbocycles. The van der Waals surface area contributed by atoms with Crippen molar-refractivity contribution >= 4 is 28.8 Å². The highest BCUT2D eigenvalue weighted by Crippen LogP contribution is 2.37. The molecule has 0 bridgehead atoms. The summed E-state index contributed by atoms with van der Waals surface area (Å²) in [6, 6.07) is 11.4. The molecule has 1 aliphatic heterocycles. The Labute approximate surface area is 216 Å². The molecule has 1 aliphatic rings. The number of ether oxygens (including phenoxy) is 1. The standard InChI is InChI=1S/C27H24F3N3O3S/c1-4-24-31-22(16-37-24)25(34)33(20-12-19(27(28,29)30)13-21(14-20)36-17(2)3)23-10-11-32(26(23)35)15-18-8-6-5-7-9-18/h1,5-9,12-14,16-17,23H,10-11,15H2,2-3H3. The van der Waals surface area contributed by atoms with Gasteiger partial charge in [0.2, 0.25) is 5.91 Å². The summed E-state index contributed by atoms with van der Waals surface area (Å²) in [6.07, 6.45) is 0.518. The van der Waals surface area contributed by atoms with Gasteiger partial charge < -0.3 is 9.64 Å². The lowest BCUT2D eigenvalue weighted by Crippen LogP contribution is -2.45. The molecule has 2 aromatic carbocycles. The van der Waals surface area contributed by atoms with Crippen molar-refractivity contribution in [3.8, 4) is 18.1 Å². The van der Waals surface area contributed by atoms with Crippen LogP contribution in [0.3, 0.4) is 0 Å². The summed E-state index contributed by atoms with van der Waals surface area (Å²) in [6.45, 7) is 4.02. The van der Waals surface area contributed by atoms with Crippen LogP contribution in [-0.2, 0) is 17.5 Å². The third-order valence-corrected chi connectivity index (χ3v) is 6.50. The van der Waals surface area contributed by atoms with Gasteiger partial charge >= 0.3 is 6.18 Å². The lowest BCUT2D eigenvalue weighted by Gasteiger charge is -2.29. The molecule has 0 N–H and O–H groups in total. The van der Waals surface area contributed by atoms with E-state index in [9.17, 15) is 22.8 Å². The molecule has 37 heavy (non-hydrogen) atoms. The second-order valence-corrected chi connectivity index (χ2v) is 9.65. The molecule has 1 fully saturated rings. The fraction of sp³-hybridized carbons (Fsp3) is 0.296. The third kappa shape index (κ3) is 5.94. The van der Waals surface area contributed by atoms with E-state index in [0.717, 1.165) is 33.9 Å². The molecule has 3 aromatic rings. The van der Waals surface area contributed by atoms with Crippen molar-refractivity contribution in [2.75, 3.05) is 11.4 Å². The molecule has 4 rings (SSSR count). The highest BCUT2D eigenvalue weighted by Gasteiger charge is 2.41. The van der Waals surface area contributed by atoms with Crippen LogP contribution >= 0.6 is 11.3 Å². The van der Waals surface area contributed by atoms with Crippen molar-refractivity contribution in [1.82, 2.24) is 9.88 Å². The van der Waals surface area contributed by atoms with Gasteiger partial charge in [-0.15, -0.1) is 17.8 Å². The molecule has 0 saturated carbocycles. The van der Waals surface area contributed by atoms with E-state index in [2.05, 4.69) is 10.9 Å². The average Bonchev–Trinajstić information content (AvgIpc) is 3.47. The molecule has 1 atom stereocenters. The highest BCUT2D eigenvalue weighted by atomic mass is 32.1. The molecule has 1 aromatic heterocycles. The zero-order valence-corrected chi connectivity index (χ0v) is 21.0. The number of benzene rings is 2. The van der Waals surface area contributed by atoms with Crippen molar-refractivity contribution in [2.24, 2.45) is 0 Å². The maximum Gasteiger partial charge on any atom is 0.416 e.